The SMILES string of the molecule is Cc1nc(N2CC(OCCO)C2)cc(-n2ncc3cc(C)c([C@@H]4CCN(C)C[C@@H]4F)cc32)n1. The molecule has 0 bridgehead atoms. The zero-order valence-corrected chi connectivity index (χ0v) is 19.4. The Morgan fingerprint density at radius 3 is 2.67 bits per heavy atom. The van der Waals surface area contributed by atoms with Crippen molar-refractivity contribution in [2.75, 3.05) is 51.3 Å². The molecule has 33 heavy (non-hydrogen) atoms. The van der Waals surface area contributed by atoms with Gasteiger partial charge in [0, 0.05) is 37.0 Å². The second-order valence-electron chi connectivity index (χ2n) is 9.25. The lowest BCUT2D eigenvalue weighted by atomic mass is 9.85. The van der Waals surface area contributed by atoms with Crippen molar-refractivity contribution in [1.29, 1.82) is 0 Å². The number of anilines is 1. The fourth-order valence-electron chi connectivity index (χ4n) is 4.95. The predicted molar refractivity (Wildman–Crippen MR) is 125 cm³/mol. The molecule has 3 aromatic rings. The van der Waals surface area contributed by atoms with Crippen LogP contribution in [0.2, 0.25) is 0 Å². The molecule has 5 rings (SSSR count). The minimum Gasteiger partial charge on any atom is -0.394 e. The maximum Gasteiger partial charge on any atom is 0.159 e. The number of aryl methyl sites for hydroxylation is 2. The van der Waals surface area contributed by atoms with Crippen LogP contribution >= 0.6 is 0 Å². The van der Waals surface area contributed by atoms with Gasteiger partial charge in [0.2, 0.25) is 0 Å². The van der Waals surface area contributed by atoms with E-state index in [1.807, 2.05) is 30.9 Å². The predicted octanol–water partition coefficient (Wildman–Crippen LogP) is 2.39. The van der Waals surface area contributed by atoms with Crippen LogP contribution in [0, 0.1) is 13.8 Å². The summed E-state index contributed by atoms with van der Waals surface area (Å²) in [7, 11) is 1.97. The highest BCUT2D eigenvalue weighted by Crippen LogP contribution is 2.35. The van der Waals surface area contributed by atoms with Gasteiger partial charge in [0.25, 0.3) is 0 Å². The van der Waals surface area contributed by atoms with Gasteiger partial charge >= 0.3 is 0 Å². The quantitative estimate of drug-likeness (QED) is 0.613. The van der Waals surface area contributed by atoms with Crippen LogP contribution < -0.4 is 4.90 Å². The van der Waals surface area contributed by atoms with Crippen LogP contribution in [0.3, 0.4) is 0 Å². The van der Waals surface area contributed by atoms with E-state index >= 15 is 0 Å². The van der Waals surface area contributed by atoms with E-state index in [4.69, 9.17) is 9.84 Å². The number of aromatic nitrogens is 4. The maximum atomic E-state index is 14.9. The minimum atomic E-state index is -0.878. The van der Waals surface area contributed by atoms with Gasteiger partial charge in [0.05, 0.1) is 31.0 Å². The molecule has 0 spiro atoms. The first-order chi connectivity index (χ1) is 15.9. The fourth-order valence-corrected chi connectivity index (χ4v) is 4.95. The van der Waals surface area contributed by atoms with Crippen LogP contribution in [0.1, 0.15) is 29.3 Å². The van der Waals surface area contributed by atoms with Gasteiger partial charge in [0.1, 0.15) is 17.8 Å². The van der Waals surface area contributed by atoms with Crippen molar-refractivity contribution in [3.05, 3.63) is 41.3 Å². The zero-order chi connectivity index (χ0) is 23.1. The summed E-state index contributed by atoms with van der Waals surface area (Å²) in [4.78, 5) is 13.4. The average Bonchev–Trinajstić information content (AvgIpc) is 3.14. The zero-order valence-electron chi connectivity index (χ0n) is 19.4. The molecule has 9 heteroatoms. The molecule has 0 saturated carbocycles. The summed E-state index contributed by atoms with van der Waals surface area (Å²) < 4.78 is 22.4. The molecule has 2 atom stereocenters. The van der Waals surface area contributed by atoms with E-state index in [0.29, 0.717) is 24.8 Å². The topological polar surface area (TPSA) is 79.5 Å². The molecular weight excluding hydrogens is 423 g/mol. The van der Waals surface area contributed by atoms with Gasteiger partial charge in [-0.15, -0.1) is 0 Å². The monoisotopic (exact) mass is 454 g/mol. The number of alkyl halides is 1. The van der Waals surface area contributed by atoms with Crippen molar-refractivity contribution < 1.29 is 14.2 Å². The van der Waals surface area contributed by atoms with Crippen LogP contribution in [0.4, 0.5) is 10.2 Å². The fraction of sp³-hybridized carbons (Fsp3) is 0.542. The molecule has 0 unspecified atom stereocenters. The Bertz CT molecular complexity index is 1150. The number of nitrogens with zero attached hydrogens (tertiary/aromatic N) is 6. The van der Waals surface area contributed by atoms with E-state index in [-0.39, 0.29) is 18.6 Å². The lowest BCUT2D eigenvalue weighted by Crippen LogP contribution is -2.53. The van der Waals surface area contributed by atoms with Crippen LogP contribution in [0.5, 0.6) is 0 Å². The molecule has 0 radical (unpaired) electrons. The standard InChI is InChI=1S/C24H31FN6O2/c1-15-8-17-11-26-31(22(17)9-20(15)19-4-5-29(3)14-21(19)25)24-10-23(27-16(2)28-24)30-12-18(13-30)33-7-6-32/h8-11,18-19,21,32H,4-7,12-14H2,1-3H3/t19-,21-/m0/s1. The third kappa shape index (κ3) is 4.32. The van der Waals surface area contributed by atoms with Crippen LogP contribution in [-0.2, 0) is 4.74 Å². The lowest BCUT2D eigenvalue weighted by Gasteiger charge is -2.39. The Morgan fingerprint density at radius 1 is 1.12 bits per heavy atom. The number of likely N-dealkylation sites (tertiary alicyclic amines) is 1. The Kier molecular flexibility index (Phi) is 6.03. The van der Waals surface area contributed by atoms with Gasteiger partial charge in [-0.3, -0.25) is 0 Å². The summed E-state index contributed by atoms with van der Waals surface area (Å²) in [6.07, 6.45) is 1.88. The number of aliphatic hydroxyl groups excluding tert-OH is 1. The second-order valence-corrected chi connectivity index (χ2v) is 9.25. The second kappa shape index (κ2) is 8.96. The van der Waals surface area contributed by atoms with Gasteiger partial charge < -0.3 is 19.6 Å². The number of hydrogen-bond acceptors (Lipinski definition) is 7. The van der Waals surface area contributed by atoms with E-state index in [2.05, 4.69) is 43.9 Å². The average molecular weight is 455 g/mol. The van der Waals surface area contributed by atoms with Crippen LogP contribution in [-0.4, -0.2) is 88.5 Å². The third-order valence-electron chi connectivity index (χ3n) is 6.74. The Hall–Kier alpha value is -2.62. The molecule has 1 N–H and O–H groups in total. The molecule has 2 aliphatic heterocycles. The van der Waals surface area contributed by atoms with Crippen molar-refractivity contribution in [2.45, 2.75) is 38.5 Å². The van der Waals surface area contributed by atoms with Gasteiger partial charge in [0.15, 0.2) is 5.82 Å². The van der Waals surface area contributed by atoms with Crippen molar-refractivity contribution in [1.82, 2.24) is 24.6 Å². The van der Waals surface area contributed by atoms with Crippen molar-refractivity contribution >= 4 is 16.7 Å². The Labute approximate surface area is 193 Å². The van der Waals surface area contributed by atoms with E-state index in [0.717, 1.165) is 53.9 Å². The number of halogens is 1. The third-order valence-corrected chi connectivity index (χ3v) is 6.74. The highest BCUT2D eigenvalue weighted by Gasteiger charge is 2.31. The van der Waals surface area contributed by atoms with Crippen molar-refractivity contribution in [3.63, 3.8) is 0 Å². The maximum absolute atomic E-state index is 14.9. The first-order valence-electron chi connectivity index (χ1n) is 11.6. The molecule has 2 fully saturated rings. The van der Waals surface area contributed by atoms with Gasteiger partial charge in [-0.1, -0.05) is 0 Å². The summed E-state index contributed by atoms with van der Waals surface area (Å²) in [6.45, 7) is 7.14. The molecule has 0 aliphatic carbocycles. The Morgan fingerprint density at radius 2 is 1.91 bits per heavy atom. The van der Waals surface area contributed by atoms with E-state index in [9.17, 15) is 4.39 Å². The molecule has 0 amide bonds. The number of benzene rings is 1. The normalized spacial score (nSPS) is 22.2. The number of piperidine rings is 1. The molecule has 2 aliphatic rings. The van der Waals surface area contributed by atoms with Gasteiger partial charge in [-0.2, -0.15) is 5.10 Å². The number of fused-ring (bicyclic) bond motifs is 1. The van der Waals surface area contributed by atoms with Crippen LogP contribution in [0.15, 0.2) is 24.4 Å². The van der Waals surface area contributed by atoms with Gasteiger partial charge in [-0.05, 0) is 57.1 Å². The number of hydrogen-bond donors (Lipinski definition) is 1. The van der Waals surface area contributed by atoms with E-state index < -0.39 is 6.17 Å². The first kappa shape index (κ1) is 22.2. The molecular formula is C24H31FN6O2. The molecule has 8 nitrogen and oxygen atoms in total. The largest absolute Gasteiger partial charge is 0.394 e. The molecule has 4 heterocycles. The summed E-state index contributed by atoms with van der Waals surface area (Å²) in [6, 6.07) is 6.14. The number of aliphatic hydroxyl groups is 1. The van der Waals surface area contributed by atoms with E-state index in [1.54, 1.807) is 0 Å². The highest BCUT2D eigenvalue weighted by atomic mass is 19.1. The van der Waals surface area contributed by atoms with Gasteiger partial charge in [-0.25, -0.2) is 19.0 Å². The van der Waals surface area contributed by atoms with Crippen molar-refractivity contribution in [2.24, 2.45) is 0 Å². The molecule has 2 saturated heterocycles. The summed E-state index contributed by atoms with van der Waals surface area (Å²) in [5.41, 5.74) is 3.09. The highest BCUT2D eigenvalue weighted by molar-refractivity contribution is 5.82. The van der Waals surface area contributed by atoms with Crippen LogP contribution in [0.25, 0.3) is 16.7 Å². The lowest BCUT2D eigenvalue weighted by molar-refractivity contribution is 0.0132. The summed E-state index contributed by atoms with van der Waals surface area (Å²) in [5, 5.41) is 14.6. The Balaban J connectivity index is 1.46. The number of rotatable bonds is 6. The summed E-state index contributed by atoms with van der Waals surface area (Å²) in [5.74, 6) is 2.09. The number of ether oxygens (including phenoxy) is 1. The van der Waals surface area contributed by atoms with E-state index in [1.165, 1.54) is 0 Å². The first-order valence-corrected chi connectivity index (χ1v) is 11.6. The minimum absolute atomic E-state index is 0.0296. The molecule has 1 aromatic carbocycles. The molecule has 176 valence electrons. The molecule has 2 aromatic heterocycles. The van der Waals surface area contributed by atoms with Crippen molar-refractivity contribution in [3.8, 4) is 5.82 Å². The summed E-state index contributed by atoms with van der Waals surface area (Å²) >= 11 is 0. The smallest absolute Gasteiger partial charge is 0.159 e.